The van der Waals surface area contributed by atoms with Crippen molar-refractivity contribution >= 4 is 28.0 Å². The van der Waals surface area contributed by atoms with Crippen molar-refractivity contribution in [3.8, 4) is 5.75 Å². The zero-order valence-corrected chi connectivity index (χ0v) is 29.8. The summed E-state index contributed by atoms with van der Waals surface area (Å²) in [4.78, 5) is 44.3. The molecule has 3 aromatic rings. The molecule has 0 unspecified atom stereocenters. The molecule has 1 aromatic heterocycles. The van der Waals surface area contributed by atoms with E-state index in [1.54, 1.807) is 40.7 Å². The molecule has 1 N–H and O–H groups in total. The topological polar surface area (TPSA) is 144 Å². The second-order valence-electron chi connectivity index (χ2n) is 13.6. The first-order valence-corrected chi connectivity index (χ1v) is 17.3. The first-order chi connectivity index (χ1) is 23.3. The minimum absolute atomic E-state index is 0.107. The third kappa shape index (κ3) is 9.33. The van der Waals surface area contributed by atoms with Crippen LogP contribution in [0.25, 0.3) is 0 Å². The number of hydrogen-bond acceptors (Lipinski definition) is 9. The van der Waals surface area contributed by atoms with E-state index in [0.717, 1.165) is 10.5 Å². The molecule has 4 rings (SSSR count). The van der Waals surface area contributed by atoms with E-state index in [1.807, 2.05) is 0 Å². The third-order valence-electron chi connectivity index (χ3n) is 7.67. The van der Waals surface area contributed by atoms with Crippen molar-refractivity contribution in [2.75, 3.05) is 27.2 Å². The van der Waals surface area contributed by atoms with Gasteiger partial charge in [-0.1, -0.05) is 26.0 Å². The monoisotopic (exact) mass is 716 g/mol. The van der Waals surface area contributed by atoms with Gasteiger partial charge >= 0.3 is 12.1 Å². The van der Waals surface area contributed by atoms with Crippen molar-refractivity contribution in [2.24, 2.45) is 5.92 Å². The Hall–Kier alpha value is -4.63. The molecule has 1 aliphatic rings. The SMILES string of the molecule is CC(C)[C@H](OC(=O)[C@H](Cc1cccc(S(=O)(=O)N2CC(Oc3ccc(F)cc3)(c3ccc(F)cn3)C2)c1)NC(=O)OC(C)(C)C)C(=O)N(C)C. The van der Waals surface area contributed by atoms with Crippen LogP contribution in [-0.2, 0) is 41.1 Å². The predicted octanol–water partition coefficient (Wildman–Crippen LogP) is 4.43. The van der Waals surface area contributed by atoms with Crippen LogP contribution in [0.15, 0.2) is 71.8 Å². The number of sulfonamides is 1. The Bertz CT molecular complexity index is 1790. The van der Waals surface area contributed by atoms with Crippen LogP contribution in [0.1, 0.15) is 45.9 Å². The Labute approximate surface area is 290 Å². The molecule has 0 radical (unpaired) electrons. The number of likely N-dealkylation sites (N-methyl/N-ethyl adjacent to an activating group) is 1. The fourth-order valence-electron chi connectivity index (χ4n) is 5.14. The fourth-order valence-corrected chi connectivity index (χ4v) is 6.75. The van der Waals surface area contributed by atoms with Gasteiger partial charge in [-0.15, -0.1) is 0 Å². The van der Waals surface area contributed by atoms with Crippen LogP contribution in [0.5, 0.6) is 5.75 Å². The Morgan fingerprint density at radius 1 is 1.00 bits per heavy atom. The van der Waals surface area contributed by atoms with Gasteiger partial charge < -0.3 is 24.4 Å². The Morgan fingerprint density at radius 3 is 2.20 bits per heavy atom. The number of ether oxygens (including phenoxy) is 3. The summed E-state index contributed by atoms with van der Waals surface area (Å²) >= 11 is 0. The number of aromatic nitrogens is 1. The standard InChI is InChI=1S/C35H42F2N4O8S/c1-22(2)30(31(42)40(6)7)47-32(43)28(39-33(44)49-34(3,4)5)18-23-9-8-10-27(17-23)50(45,46)41-20-35(21-41,29-16-13-25(37)19-38-29)48-26-14-11-24(36)12-15-26/h8-17,19,22,28,30H,18,20-21H2,1-7H3,(H,39,44)/t28-,30-/m0/s1. The largest absolute Gasteiger partial charge is 0.478 e. The number of halogens is 2. The highest BCUT2D eigenvalue weighted by Crippen LogP contribution is 2.39. The van der Waals surface area contributed by atoms with E-state index in [4.69, 9.17) is 14.2 Å². The van der Waals surface area contributed by atoms with Gasteiger partial charge in [0.1, 0.15) is 29.0 Å². The zero-order chi connectivity index (χ0) is 37.0. The van der Waals surface area contributed by atoms with Gasteiger partial charge in [0.25, 0.3) is 5.91 Å². The van der Waals surface area contributed by atoms with Crippen LogP contribution in [-0.4, -0.2) is 85.5 Å². The van der Waals surface area contributed by atoms with Gasteiger partial charge in [-0.3, -0.25) is 9.78 Å². The molecule has 0 saturated carbocycles. The molecule has 2 heterocycles. The maximum Gasteiger partial charge on any atom is 0.408 e. The lowest BCUT2D eigenvalue weighted by atomic mass is 9.91. The number of carbonyl (C=O) groups excluding carboxylic acids is 3. The van der Waals surface area contributed by atoms with Gasteiger partial charge in [0.15, 0.2) is 11.7 Å². The molecule has 1 aliphatic heterocycles. The number of hydrogen-bond donors (Lipinski definition) is 1. The normalized spacial score (nSPS) is 15.7. The minimum atomic E-state index is -4.15. The summed E-state index contributed by atoms with van der Waals surface area (Å²) in [6.07, 6.45) is -1.24. The highest BCUT2D eigenvalue weighted by molar-refractivity contribution is 7.89. The van der Waals surface area contributed by atoms with Crippen LogP contribution in [0.3, 0.4) is 0 Å². The second-order valence-corrected chi connectivity index (χ2v) is 15.5. The van der Waals surface area contributed by atoms with E-state index in [1.165, 1.54) is 73.6 Å². The highest BCUT2D eigenvalue weighted by Gasteiger charge is 2.53. The molecule has 0 aliphatic carbocycles. The van der Waals surface area contributed by atoms with Crippen LogP contribution < -0.4 is 10.1 Å². The van der Waals surface area contributed by atoms with Crippen molar-refractivity contribution in [3.05, 3.63) is 89.8 Å². The van der Waals surface area contributed by atoms with Crippen LogP contribution in [0, 0.1) is 17.6 Å². The summed E-state index contributed by atoms with van der Waals surface area (Å²) in [5, 5.41) is 2.50. The first kappa shape index (κ1) is 38.2. The summed E-state index contributed by atoms with van der Waals surface area (Å²) in [6.45, 7) is 8.00. The number of alkyl carbamates (subject to hydrolysis) is 1. The Balaban J connectivity index is 1.59. The van der Waals surface area contributed by atoms with E-state index < -0.39 is 63.0 Å². The summed E-state index contributed by atoms with van der Waals surface area (Å²) in [7, 11) is -1.09. The molecule has 2 atom stereocenters. The molecule has 270 valence electrons. The molecule has 12 nitrogen and oxygen atoms in total. The van der Waals surface area contributed by atoms with E-state index in [2.05, 4.69) is 10.3 Å². The van der Waals surface area contributed by atoms with Crippen molar-refractivity contribution in [1.29, 1.82) is 0 Å². The first-order valence-electron chi connectivity index (χ1n) is 15.9. The van der Waals surface area contributed by atoms with Gasteiger partial charge in [0.05, 0.1) is 29.9 Å². The lowest BCUT2D eigenvalue weighted by molar-refractivity contribution is -0.163. The molecule has 50 heavy (non-hydrogen) atoms. The molecule has 15 heteroatoms. The number of nitrogens with one attached hydrogen (secondary N) is 1. The predicted molar refractivity (Wildman–Crippen MR) is 178 cm³/mol. The van der Waals surface area contributed by atoms with Gasteiger partial charge in [-0.2, -0.15) is 4.31 Å². The van der Waals surface area contributed by atoms with Gasteiger partial charge in [-0.25, -0.2) is 26.8 Å². The maximum absolute atomic E-state index is 13.9. The van der Waals surface area contributed by atoms with Gasteiger partial charge in [0, 0.05) is 20.5 Å². The molecule has 0 spiro atoms. The minimum Gasteiger partial charge on any atom is -0.478 e. The number of pyridine rings is 1. The maximum atomic E-state index is 13.9. The summed E-state index contributed by atoms with van der Waals surface area (Å²) in [5.74, 6) is -2.54. The average Bonchev–Trinajstić information content (AvgIpc) is 3.01. The van der Waals surface area contributed by atoms with E-state index in [0.29, 0.717) is 5.56 Å². The molecular formula is C35H42F2N4O8S. The third-order valence-corrected chi connectivity index (χ3v) is 9.46. The zero-order valence-electron chi connectivity index (χ0n) is 29.0. The average molecular weight is 717 g/mol. The summed E-state index contributed by atoms with van der Waals surface area (Å²) in [5.41, 5.74) is -1.53. The molecule has 1 fully saturated rings. The highest BCUT2D eigenvalue weighted by atomic mass is 32.2. The molecule has 2 amide bonds. The van der Waals surface area contributed by atoms with Crippen molar-refractivity contribution in [2.45, 2.75) is 69.3 Å². The lowest BCUT2D eigenvalue weighted by Gasteiger charge is -2.48. The quantitative estimate of drug-likeness (QED) is 0.269. The fraction of sp³-hybridized carbons (Fsp3) is 0.429. The van der Waals surface area contributed by atoms with Gasteiger partial charge in [0.2, 0.25) is 10.0 Å². The van der Waals surface area contributed by atoms with Crippen molar-refractivity contribution in [1.82, 2.24) is 19.5 Å². The number of nitrogens with zero attached hydrogens (tertiary/aromatic N) is 3. The summed E-state index contributed by atoms with van der Waals surface area (Å²) in [6, 6.07) is 12.3. The lowest BCUT2D eigenvalue weighted by Crippen LogP contribution is -2.64. The van der Waals surface area contributed by atoms with Crippen molar-refractivity contribution < 1.29 is 45.8 Å². The summed E-state index contributed by atoms with van der Waals surface area (Å²) < 4.78 is 73.3. The number of carbonyl (C=O) groups is 3. The molecular weight excluding hydrogens is 674 g/mol. The number of rotatable bonds is 12. The molecule has 1 saturated heterocycles. The Morgan fingerprint density at radius 2 is 1.64 bits per heavy atom. The van der Waals surface area contributed by atoms with E-state index in [-0.39, 0.29) is 41.8 Å². The van der Waals surface area contributed by atoms with Gasteiger partial charge in [-0.05, 0) is 80.8 Å². The van der Waals surface area contributed by atoms with Crippen LogP contribution in [0.2, 0.25) is 0 Å². The number of esters is 1. The van der Waals surface area contributed by atoms with Crippen LogP contribution >= 0.6 is 0 Å². The smallest absolute Gasteiger partial charge is 0.408 e. The van der Waals surface area contributed by atoms with Crippen molar-refractivity contribution in [3.63, 3.8) is 0 Å². The number of benzene rings is 2. The second kappa shape index (κ2) is 15.1. The van der Waals surface area contributed by atoms with E-state index >= 15 is 0 Å². The van der Waals surface area contributed by atoms with Crippen LogP contribution in [0.4, 0.5) is 13.6 Å². The molecule has 2 aromatic carbocycles. The number of amides is 2. The van der Waals surface area contributed by atoms with E-state index in [9.17, 15) is 31.6 Å². The Kier molecular flexibility index (Phi) is 11.5. The molecule has 0 bridgehead atoms.